The van der Waals surface area contributed by atoms with E-state index in [1.54, 1.807) is 12.1 Å². The van der Waals surface area contributed by atoms with E-state index in [-0.39, 0.29) is 18.0 Å². The van der Waals surface area contributed by atoms with E-state index in [0.29, 0.717) is 12.2 Å². The predicted molar refractivity (Wildman–Crippen MR) is 62.9 cm³/mol. The molecule has 1 amide bonds. The van der Waals surface area contributed by atoms with Crippen LogP contribution in [-0.2, 0) is 4.79 Å². The minimum Gasteiger partial charge on any atom is -0.375 e. The maximum atomic E-state index is 13.2. The standard InChI is InChI=1S/C12H14FN3O/c1-2-6-15-12(17)8-16-11-5-3-4-10(13)9(11)7-14/h3-5,16H,2,6,8H2,1H3,(H,15,17). The van der Waals surface area contributed by atoms with E-state index in [9.17, 15) is 9.18 Å². The van der Waals surface area contributed by atoms with Crippen LogP contribution in [0.1, 0.15) is 18.9 Å². The highest BCUT2D eigenvalue weighted by atomic mass is 19.1. The number of carbonyl (C=O) groups is 1. The van der Waals surface area contributed by atoms with Gasteiger partial charge in [-0.2, -0.15) is 5.26 Å². The van der Waals surface area contributed by atoms with Crippen molar-refractivity contribution in [2.24, 2.45) is 0 Å². The van der Waals surface area contributed by atoms with E-state index in [1.165, 1.54) is 12.1 Å². The Morgan fingerprint density at radius 3 is 2.94 bits per heavy atom. The molecule has 17 heavy (non-hydrogen) atoms. The van der Waals surface area contributed by atoms with Crippen LogP contribution in [0.25, 0.3) is 0 Å². The number of hydrogen-bond acceptors (Lipinski definition) is 3. The molecule has 0 heterocycles. The third kappa shape index (κ3) is 3.76. The molecule has 0 aliphatic carbocycles. The van der Waals surface area contributed by atoms with Crippen molar-refractivity contribution in [1.29, 1.82) is 5.26 Å². The topological polar surface area (TPSA) is 64.9 Å². The second-order valence-corrected chi connectivity index (χ2v) is 3.48. The molecule has 5 heteroatoms. The smallest absolute Gasteiger partial charge is 0.239 e. The first-order valence-corrected chi connectivity index (χ1v) is 5.38. The number of rotatable bonds is 5. The summed E-state index contributed by atoms with van der Waals surface area (Å²) in [6, 6.07) is 6.02. The molecule has 0 aliphatic rings. The van der Waals surface area contributed by atoms with Crippen molar-refractivity contribution in [3.05, 3.63) is 29.6 Å². The number of amides is 1. The van der Waals surface area contributed by atoms with Crippen molar-refractivity contribution in [1.82, 2.24) is 5.32 Å². The minimum atomic E-state index is -0.591. The molecule has 1 aromatic carbocycles. The fraction of sp³-hybridized carbons (Fsp3) is 0.333. The quantitative estimate of drug-likeness (QED) is 0.815. The van der Waals surface area contributed by atoms with Crippen LogP contribution < -0.4 is 10.6 Å². The highest BCUT2D eigenvalue weighted by Crippen LogP contribution is 2.17. The molecular weight excluding hydrogens is 221 g/mol. The van der Waals surface area contributed by atoms with Gasteiger partial charge in [0.15, 0.2) is 0 Å². The maximum Gasteiger partial charge on any atom is 0.239 e. The van der Waals surface area contributed by atoms with Crippen molar-refractivity contribution < 1.29 is 9.18 Å². The lowest BCUT2D eigenvalue weighted by Gasteiger charge is -2.08. The van der Waals surface area contributed by atoms with E-state index >= 15 is 0 Å². The second-order valence-electron chi connectivity index (χ2n) is 3.48. The van der Waals surface area contributed by atoms with Gasteiger partial charge in [-0.25, -0.2) is 4.39 Å². The molecule has 0 aliphatic heterocycles. The Kier molecular flexibility index (Phi) is 4.95. The maximum absolute atomic E-state index is 13.2. The monoisotopic (exact) mass is 235 g/mol. The van der Waals surface area contributed by atoms with Gasteiger partial charge in [0.1, 0.15) is 17.4 Å². The first kappa shape index (κ1) is 13.0. The number of anilines is 1. The van der Waals surface area contributed by atoms with Gasteiger partial charge >= 0.3 is 0 Å². The summed E-state index contributed by atoms with van der Waals surface area (Å²) in [7, 11) is 0. The number of halogens is 1. The first-order chi connectivity index (χ1) is 8.19. The lowest BCUT2D eigenvalue weighted by Crippen LogP contribution is -2.30. The molecule has 0 atom stereocenters. The largest absolute Gasteiger partial charge is 0.375 e. The van der Waals surface area contributed by atoms with Gasteiger partial charge in [0, 0.05) is 6.54 Å². The summed E-state index contributed by atoms with van der Waals surface area (Å²) in [6.45, 7) is 2.58. The van der Waals surface area contributed by atoms with Crippen molar-refractivity contribution in [3.63, 3.8) is 0 Å². The normalized spacial score (nSPS) is 9.47. The molecule has 0 aromatic heterocycles. The van der Waals surface area contributed by atoms with Crippen LogP contribution in [0, 0.1) is 17.1 Å². The molecule has 0 fully saturated rings. The van der Waals surface area contributed by atoms with Crippen LogP contribution in [-0.4, -0.2) is 19.0 Å². The molecule has 1 aromatic rings. The van der Waals surface area contributed by atoms with Gasteiger partial charge in [0.05, 0.1) is 12.2 Å². The summed E-state index contributed by atoms with van der Waals surface area (Å²) in [6.07, 6.45) is 0.856. The minimum absolute atomic E-state index is 0.0259. The molecular formula is C12H14FN3O. The van der Waals surface area contributed by atoms with Gasteiger partial charge in [-0.15, -0.1) is 0 Å². The van der Waals surface area contributed by atoms with Crippen LogP contribution in [0.4, 0.5) is 10.1 Å². The third-order valence-corrected chi connectivity index (χ3v) is 2.14. The highest BCUT2D eigenvalue weighted by Gasteiger charge is 2.08. The van der Waals surface area contributed by atoms with Gasteiger partial charge in [-0.3, -0.25) is 4.79 Å². The van der Waals surface area contributed by atoms with Gasteiger partial charge < -0.3 is 10.6 Å². The lowest BCUT2D eigenvalue weighted by molar-refractivity contribution is -0.119. The van der Waals surface area contributed by atoms with Crippen molar-refractivity contribution >= 4 is 11.6 Å². The summed E-state index contributed by atoms with van der Waals surface area (Å²) in [5.41, 5.74) is 0.259. The van der Waals surface area contributed by atoms with Gasteiger partial charge in [0.25, 0.3) is 0 Å². The summed E-state index contributed by atoms with van der Waals surface area (Å²) in [5, 5.41) is 14.2. The van der Waals surface area contributed by atoms with Crippen LogP contribution in [0.3, 0.4) is 0 Å². The molecule has 90 valence electrons. The number of hydrogen-bond donors (Lipinski definition) is 2. The van der Waals surface area contributed by atoms with E-state index in [2.05, 4.69) is 10.6 Å². The van der Waals surface area contributed by atoms with Crippen LogP contribution in [0.2, 0.25) is 0 Å². The summed E-state index contributed by atoms with van der Waals surface area (Å²) >= 11 is 0. The van der Waals surface area contributed by atoms with Crippen molar-refractivity contribution in [2.75, 3.05) is 18.4 Å². The number of nitrogens with zero attached hydrogens (tertiary/aromatic N) is 1. The van der Waals surface area contributed by atoms with Crippen LogP contribution >= 0.6 is 0 Å². The fourth-order valence-electron chi connectivity index (χ4n) is 1.29. The molecule has 1 rings (SSSR count). The first-order valence-electron chi connectivity index (χ1n) is 5.38. The Balaban J connectivity index is 2.61. The molecule has 0 unspecified atom stereocenters. The van der Waals surface area contributed by atoms with Crippen molar-refractivity contribution in [2.45, 2.75) is 13.3 Å². The zero-order valence-electron chi connectivity index (χ0n) is 9.59. The Morgan fingerprint density at radius 1 is 1.53 bits per heavy atom. The average Bonchev–Trinajstić information content (AvgIpc) is 2.33. The number of nitrogens with one attached hydrogen (secondary N) is 2. The summed E-state index contributed by atoms with van der Waals surface area (Å²) in [5.74, 6) is -0.772. The molecule has 0 saturated carbocycles. The summed E-state index contributed by atoms with van der Waals surface area (Å²) < 4.78 is 13.2. The Bertz CT molecular complexity index is 440. The van der Waals surface area contributed by atoms with E-state index in [0.717, 1.165) is 6.42 Å². The predicted octanol–water partition coefficient (Wildman–Crippen LogP) is 1.64. The van der Waals surface area contributed by atoms with E-state index in [4.69, 9.17) is 5.26 Å². The van der Waals surface area contributed by atoms with Gasteiger partial charge in [-0.05, 0) is 18.6 Å². The van der Waals surface area contributed by atoms with E-state index < -0.39 is 5.82 Å². The zero-order valence-corrected chi connectivity index (χ0v) is 9.59. The average molecular weight is 235 g/mol. The number of carbonyl (C=O) groups excluding carboxylic acids is 1. The Labute approximate surface area is 99.4 Å². The molecule has 0 radical (unpaired) electrons. The summed E-state index contributed by atoms with van der Waals surface area (Å²) in [4.78, 5) is 11.3. The Hall–Kier alpha value is -2.09. The van der Waals surface area contributed by atoms with Crippen LogP contribution in [0.15, 0.2) is 18.2 Å². The number of nitriles is 1. The van der Waals surface area contributed by atoms with Crippen molar-refractivity contribution in [3.8, 4) is 6.07 Å². The van der Waals surface area contributed by atoms with Gasteiger partial charge in [-0.1, -0.05) is 13.0 Å². The molecule has 4 nitrogen and oxygen atoms in total. The zero-order chi connectivity index (χ0) is 12.7. The number of benzene rings is 1. The molecule has 2 N–H and O–H groups in total. The highest BCUT2D eigenvalue weighted by molar-refractivity contribution is 5.81. The van der Waals surface area contributed by atoms with Crippen LogP contribution in [0.5, 0.6) is 0 Å². The molecule has 0 spiro atoms. The van der Waals surface area contributed by atoms with E-state index in [1.807, 2.05) is 6.92 Å². The fourth-order valence-corrected chi connectivity index (χ4v) is 1.29. The SMILES string of the molecule is CCCNC(=O)CNc1cccc(F)c1C#N. The molecule has 0 saturated heterocycles. The third-order valence-electron chi connectivity index (χ3n) is 2.14. The second kappa shape index (κ2) is 6.48. The lowest BCUT2D eigenvalue weighted by atomic mass is 10.2. The van der Waals surface area contributed by atoms with Gasteiger partial charge in [0.2, 0.25) is 5.91 Å². The molecule has 0 bridgehead atoms. The Morgan fingerprint density at radius 2 is 2.29 bits per heavy atom.